The van der Waals surface area contributed by atoms with Crippen molar-refractivity contribution in [3.05, 3.63) is 83.8 Å². The van der Waals surface area contributed by atoms with E-state index in [9.17, 15) is 4.79 Å². The molecule has 1 unspecified atom stereocenters. The molecule has 0 fully saturated rings. The predicted octanol–water partition coefficient (Wildman–Crippen LogP) is 4.21. The molecule has 0 bridgehead atoms. The Morgan fingerprint density at radius 3 is 2.73 bits per heavy atom. The number of fused-ring (bicyclic) bond motifs is 2. The summed E-state index contributed by atoms with van der Waals surface area (Å²) in [5.41, 5.74) is 1.86. The van der Waals surface area contributed by atoms with Crippen molar-refractivity contribution in [2.24, 2.45) is 5.92 Å². The van der Waals surface area contributed by atoms with Gasteiger partial charge in [0.15, 0.2) is 5.82 Å². The van der Waals surface area contributed by atoms with Crippen molar-refractivity contribution in [1.82, 2.24) is 25.0 Å². The van der Waals surface area contributed by atoms with Crippen LogP contribution in [0.2, 0.25) is 0 Å². The molecule has 0 radical (unpaired) electrons. The molecule has 1 atom stereocenters. The highest BCUT2D eigenvalue weighted by molar-refractivity contribution is 5.94. The van der Waals surface area contributed by atoms with E-state index < -0.39 is 0 Å². The number of nitrogens with one attached hydrogen (secondary N) is 1. The van der Waals surface area contributed by atoms with Gasteiger partial charge in [-0.3, -0.25) is 9.69 Å². The Kier molecular flexibility index (Phi) is 5.96. The van der Waals surface area contributed by atoms with Gasteiger partial charge < -0.3 is 14.3 Å². The van der Waals surface area contributed by atoms with Crippen molar-refractivity contribution in [2.75, 3.05) is 13.1 Å². The van der Waals surface area contributed by atoms with E-state index in [0.29, 0.717) is 5.56 Å². The molecule has 1 aliphatic heterocycles. The van der Waals surface area contributed by atoms with Crippen molar-refractivity contribution in [3.63, 3.8) is 0 Å². The van der Waals surface area contributed by atoms with Gasteiger partial charge in [0, 0.05) is 32.6 Å². The third kappa shape index (κ3) is 4.41. The van der Waals surface area contributed by atoms with Crippen molar-refractivity contribution in [1.29, 1.82) is 0 Å². The van der Waals surface area contributed by atoms with Gasteiger partial charge in [0.25, 0.3) is 5.91 Å². The molecule has 33 heavy (non-hydrogen) atoms. The Morgan fingerprint density at radius 1 is 1.06 bits per heavy atom. The number of benzene rings is 2. The molecule has 3 heterocycles. The Bertz CT molecular complexity index is 1240. The maximum Gasteiger partial charge on any atom is 0.255 e. The molecular formula is C26H29N5O2. The molecule has 4 aromatic rings. The van der Waals surface area contributed by atoms with Crippen LogP contribution in [-0.2, 0) is 19.5 Å². The highest BCUT2D eigenvalue weighted by Gasteiger charge is 2.28. The lowest BCUT2D eigenvalue weighted by Gasteiger charge is -2.23. The molecule has 2 aromatic heterocycles. The van der Waals surface area contributed by atoms with Crippen LogP contribution in [0.1, 0.15) is 47.5 Å². The van der Waals surface area contributed by atoms with Crippen LogP contribution in [-0.4, -0.2) is 38.7 Å². The van der Waals surface area contributed by atoms with Crippen molar-refractivity contribution in [3.8, 4) is 0 Å². The molecule has 0 spiro atoms. The van der Waals surface area contributed by atoms with E-state index in [1.807, 2.05) is 0 Å². The smallest absolute Gasteiger partial charge is 0.255 e. The Morgan fingerprint density at radius 2 is 1.91 bits per heavy atom. The normalized spacial score (nSPS) is 15.4. The number of amides is 1. The quantitative estimate of drug-likeness (QED) is 0.483. The van der Waals surface area contributed by atoms with Gasteiger partial charge in [-0.15, -0.1) is 10.2 Å². The molecule has 7 heteroatoms. The Balaban J connectivity index is 1.33. The van der Waals surface area contributed by atoms with E-state index in [1.54, 1.807) is 6.07 Å². The number of furan rings is 1. The van der Waals surface area contributed by atoms with Crippen molar-refractivity contribution >= 4 is 16.7 Å². The molecule has 2 aromatic carbocycles. The molecule has 7 nitrogen and oxygen atoms in total. The van der Waals surface area contributed by atoms with Crippen LogP contribution in [0.4, 0.5) is 0 Å². The van der Waals surface area contributed by atoms with Gasteiger partial charge in [0.1, 0.15) is 12.1 Å². The molecule has 1 aliphatic rings. The monoisotopic (exact) mass is 443 g/mol. The largest absolute Gasteiger partial charge is 0.472 e. The molecule has 1 amide bonds. The third-order valence-corrected chi connectivity index (χ3v) is 6.44. The summed E-state index contributed by atoms with van der Waals surface area (Å²) in [5.74, 6) is 1.81. The summed E-state index contributed by atoms with van der Waals surface area (Å²) in [5, 5.41) is 14.7. The van der Waals surface area contributed by atoms with Gasteiger partial charge in [-0.1, -0.05) is 56.3 Å². The first-order valence-corrected chi connectivity index (χ1v) is 11.5. The SMILES string of the molecule is CC(C)C(NC(=O)c1ccoc1)c1nnc2n1CCN(Cc1cccc3ccccc13)CC2. The zero-order chi connectivity index (χ0) is 22.8. The molecule has 1 N–H and O–H groups in total. The fraction of sp³-hybridized carbons (Fsp3) is 0.346. The lowest BCUT2D eigenvalue weighted by molar-refractivity contribution is 0.0921. The van der Waals surface area contributed by atoms with Crippen LogP contribution >= 0.6 is 0 Å². The van der Waals surface area contributed by atoms with Crippen LogP contribution < -0.4 is 5.32 Å². The maximum absolute atomic E-state index is 12.7. The first kappa shape index (κ1) is 21.4. The second kappa shape index (κ2) is 9.19. The lowest BCUT2D eigenvalue weighted by atomic mass is 10.0. The van der Waals surface area contributed by atoms with E-state index in [0.717, 1.165) is 44.2 Å². The van der Waals surface area contributed by atoms with Crippen molar-refractivity contribution in [2.45, 2.75) is 39.4 Å². The molecule has 5 rings (SSSR count). The predicted molar refractivity (Wildman–Crippen MR) is 127 cm³/mol. The van der Waals surface area contributed by atoms with Gasteiger partial charge in [-0.05, 0) is 28.3 Å². The van der Waals surface area contributed by atoms with Gasteiger partial charge in [-0.25, -0.2) is 0 Å². The van der Waals surface area contributed by atoms with Gasteiger partial charge in [0.2, 0.25) is 0 Å². The number of hydrogen-bond donors (Lipinski definition) is 1. The summed E-state index contributed by atoms with van der Waals surface area (Å²) in [6, 6.07) is 16.5. The first-order chi connectivity index (χ1) is 16.1. The number of aromatic nitrogens is 3. The van der Waals surface area contributed by atoms with E-state index in [1.165, 1.54) is 28.9 Å². The summed E-state index contributed by atoms with van der Waals surface area (Å²) in [6.07, 6.45) is 3.80. The topological polar surface area (TPSA) is 76.2 Å². The average molecular weight is 444 g/mol. The number of nitrogens with zero attached hydrogens (tertiary/aromatic N) is 4. The highest BCUT2D eigenvalue weighted by Crippen LogP contribution is 2.25. The third-order valence-electron chi connectivity index (χ3n) is 6.44. The summed E-state index contributed by atoms with van der Waals surface area (Å²) in [6.45, 7) is 7.71. The fourth-order valence-electron chi connectivity index (χ4n) is 4.60. The standard InChI is InChI=1S/C26H29N5O2/c1-18(2)24(27-26(32)21-11-15-33-17-21)25-29-28-23-10-12-30(13-14-31(23)25)16-20-8-5-7-19-6-3-4-9-22(19)20/h3-9,11,15,17-18,24H,10,12-14,16H2,1-2H3,(H,27,32). The lowest BCUT2D eigenvalue weighted by Crippen LogP contribution is -2.34. The molecular weight excluding hydrogens is 414 g/mol. The first-order valence-electron chi connectivity index (χ1n) is 11.5. The molecule has 0 saturated carbocycles. The van der Waals surface area contributed by atoms with Gasteiger partial charge in [-0.2, -0.15) is 0 Å². The van der Waals surface area contributed by atoms with Crippen LogP contribution in [0, 0.1) is 5.92 Å². The summed E-state index contributed by atoms with van der Waals surface area (Å²) >= 11 is 0. The number of rotatable bonds is 6. The van der Waals surface area contributed by atoms with E-state index in [4.69, 9.17) is 4.42 Å². The number of carbonyl (C=O) groups excluding carboxylic acids is 1. The minimum atomic E-state index is -0.224. The highest BCUT2D eigenvalue weighted by atomic mass is 16.3. The second-order valence-corrected chi connectivity index (χ2v) is 9.00. The Hall–Kier alpha value is -3.45. The van der Waals surface area contributed by atoms with E-state index in [2.05, 4.69) is 81.3 Å². The van der Waals surface area contributed by atoms with E-state index >= 15 is 0 Å². The van der Waals surface area contributed by atoms with Crippen molar-refractivity contribution < 1.29 is 9.21 Å². The fourth-order valence-corrected chi connectivity index (χ4v) is 4.60. The summed E-state index contributed by atoms with van der Waals surface area (Å²) in [7, 11) is 0. The number of hydrogen-bond acceptors (Lipinski definition) is 5. The minimum absolute atomic E-state index is 0.161. The van der Waals surface area contributed by atoms with Gasteiger partial charge >= 0.3 is 0 Å². The summed E-state index contributed by atoms with van der Waals surface area (Å²) in [4.78, 5) is 15.2. The van der Waals surface area contributed by atoms with Gasteiger partial charge in [0.05, 0.1) is 17.9 Å². The van der Waals surface area contributed by atoms with Crippen LogP contribution in [0.5, 0.6) is 0 Å². The summed E-state index contributed by atoms with van der Waals surface area (Å²) < 4.78 is 7.26. The molecule has 0 saturated heterocycles. The van der Waals surface area contributed by atoms with E-state index in [-0.39, 0.29) is 17.9 Å². The van der Waals surface area contributed by atoms with Crippen LogP contribution in [0.25, 0.3) is 10.8 Å². The Labute approximate surface area is 193 Å². The molecule has 170 valence electrons. The minimum Gasteiger partial charge on any atom is -0.472 e. The van der Waals surface area contributed by atoms with Crippen LogP contribution in [0.15, 0.2) is 65.5 Å². The maximum atomic E-state index is 12.7. The second-order valence-electron chi connectivity index (χ2n) is 9.00. The van der Waals surface area contributed by atoms with Crippen LogP contribution in [0.3, 0.4) is 0 Å². The zero-order valence-electron chi connectivity index (χ0n) is 19.1. The average Bonchev–Trinajstić information content (AvgIpc) is 3.46. The molecule has 0 aliphatic carbocycles. The zero-order valence-corrected chi connectivity index (χ0v) is 19.1. The number of carbonyl (C=O) groups is 1.